The van der Waals surface area contributed by atoms with Crippen molar-refractivity contribution in [3.8, 4) is 5.75 Å². The average Bonchev–Trinajstić information content (AvgIpc) is 2.91. The van der Waals surface area contributed by atoms with Gasteiger partial charge in [-0.15, -0.1) is 0 Å². The van der Waals surface area contributed by atoms with Crippen LogP contribution < -0.4 is 15.8 Å². The van der Waals surface area contributed by atoms with Gasteiger partial charge in [0, 0.05) is 11.3 Å². The first-order valence-electron chi connectivity index (χ1n) is 7.11. The molecule has 0 aliphatic carbocycles. The first-order chi connectivity index (χ1) is 11.0. The molecule has 0 radical (unpaired) electrons. The maximum Gasteiger partial charge on any atom is 0.255 e. The molecule has 3 rings (SSSR count). The number of nitrogens with one attached hydrogen (secondary N) is 1. The number of benzene rings is 2. The third-order valence-electron chi connectivity index (χ3n) is 3.70. The van der Waals surface area contributed by atoms with Crippen LogP contribution in [0.1, 0.15) is 21.5 Å². The second-order valence-corrected chi connectivity index (χ2v) is 6.31. The smallest absolute Gasteiger partial charge is 0.255 e. The maximum atomic E-state index is 12.5. The van der Waals surface area contributed by atoms with Gasteiger partial charge in [-0.25, -0.2) is 4.98 Å². The van der Waals surface area contributed by atoms with E-state index in [-0.39, 0.29) is 5.91 Å². The minimum absolute atomic E-state index is 0.174. The number of hydrogen-bond donors (Lipinski definition) is 2. The van der Waals surface area contributed by atoms with Crippen LogP contribution in [0.4, 0.5) is 10.8 Å². The van der Waals surface area contributed by atoms with Crippen molar-refractivity contribution in [1.29, 1.82) is 0 Å². The lowest BCUT2D eigenvalue weighted by Gasteiger charge is -2.12. The van der Waals surface area contributed by atoms with Crippen LogP contribution in [-0.4, -0.2) is 18.0 Å². The number of anilines is 2. The molecular formula is C17H17N3O2S. The molecule has 3 aromatic rings. The first kappa shape index (κ1) is 15.3. The number of fused-ring (bicyclic) bond motifs is 1. The quantitative estimate of drug-likeness (QED) is 0.768. The lowest BCUT2D eigenvalue weighted by molar-refractivity contribution is 0.102. The van der Waals surface area contributed by atoms with E-state index in [1.54, 1.807) is 31.4 Å². The number of nitrogen functional groups attached to an aromatic ring is 1. The fourth-order valence-corrected chi connectivity index (χ4v) is 3.36. The number of nitrogens with zero attached hydrogens (tertiary/aromatic N) is 1. The molecule has 0 saturated carbocycles. The van der Waals surface area contributed by atoms with E-state index in [1.165, 1.54) is 11.3 Å². The normalized spacial score (nSPS) is 10.7. The second kappa shape index (κ2) is 5.89. The van der Waals surface area contributed by atoms with E-state index >= 15 is 0 Å². The lowest BCUT2D eigenvalue weighted by Crippen LogP contribution is -2.14. The van der Waals surface area contributed by atoms with Crippen molar-refractivity contribution in [2.45, 2.75) is 13.8 Å². The van der Waals surface area contributed by atoms with Gasteiger partial charge in [0.1, 0.15) is 5.75 Å². The zero-order chi connectivity index (χ0) is 16.6. The number of methoxy groups -OCH3 is 1. The molecule has 1 heterocycles. The summed E-state index contributed by atoms with van der Waals surface area (Å²) < 4.78 is 6.16. The number of aryl methyl sites for hydroxylation is 2. The van der Waals surface area contributed by atoms with Gasteiger partial charge in [-0.3, -0.25) is 4.79 Å². The van der Waals surface area contributed by atoms with Crippen LogP contribution in [0, 0.1) is 13.8 Å². The van der Waals surface area contributed by atoms with Gasteiger partial charge in [0.15, 0.2) is 5.13 Å². The molecule has 6 heteroatoms. The zero-order valence-corrected chi connectivity index (χ0v) is 14.0. The zero-order valence-electron chi connectivity index (χ0n) is 13.1. The Bertz CT molecular complexity index is 902. The van der Waals surface area contributed by atoms with Crippen LogP contribution in [0.25, 0.3) is 10.2 Å². The number of thiazole rings is 1. The molecule has 3 N–H and O–H groups in total. The number of ether oxygens (including phenoxy) is 1. The van der Waals surface area contributed by atoms with Gasteiger partial charge in [-0.05, 0) is 49.2 Å². The fraction of sp³-hybridized carbons (Fsp3) is 0.176. The summed E-state index contributed by atoms with van der Waals surface area (Å²) in [5, 5.41) is 3.52. The van der Waals surface area contributed by atoms with Gasteiger partial charge in [-0.1, -0.05) is 17.4 Å². The van der Waals surface area contributed by atoms with Crippen molar-refractivity contribution < 1.29 is 9.53 Å². The predicted octanol–water partition coefficient (Wildman–Crippen LogP) is 3.76. The van der Waals surface area contributed by atoms with Crippen LogP contribution in [-0.2, 0) is 0 Å². The van der Waals surface area contributed by atoms with Crippen molar-refractivity contribution in [3.05, 3.63) is 47.0 Å². The van der Waals surface area contributed by atoms with Gasteiger partial charge in [0.2, 0.25) is 0 Å². The Morgan fingerprint density at radius 1 is 1.30 bits per heavy atom. The monoisotopic (exact) mass is 327 g/mol. The number of nitrogens with two attached hydrogens (primary N) is 1. The number of hydrogen-bond acceptors (Lipinski definition) is 5. The van der Waals surface area contributed by atoms with Crippen LogP contribution in [0.3, 0.4) is 0 Å². The first-order valence-corrected chi connectivity index (χ1v) is 7.93. The third kappa shape index (κ3) is 2.85. The minimum Gasteiger partial charge on any atom is -0.497 e. The van der Waals surface area contributed by atoms with E-state index in [9.17, 15) is 4.79 Å². The highest BCUT2D eigenvalue weighted by Crippen LogP contribution is 2.34. The molecule has 0 spiro atoms. The van der Waals surface area contributed by atoms with Crippen LogP contribution in [0.2, 0.25) is 0 Å². The van der Waals surface area contributed by atoms with E-state index in [4.69, 9.17) is 10.5 Å². The highest BCUT2D eigenvalue weighted by molar-refractivity contribution is 7.22. The molecule has 0 aliphatic rings. The van der Waals surface area contributed by atoms with E-state index in [0.29, 0.717) is 16.4 Å². The largest absolute Gasteiger partial charge is 0.497 e. The molecule has 118 valence electrons. The summed E-state index contributed by atoms with van der Waals surface area (Å²) in [4.78, 5) is 16.8. The summed E-state index contributed by atoms with van der Waals surface area (Å²) in [5.41, 5.74) is 9.93. The summed E-state index contributed by atoms with van der Waals surface area (Å²) in [7, 11) is 1.58. The van der Waals surface area contributed by atoms with Crippen molar-refractivity contribution in [2.75, 3.05) is 18.2 Å². The fourth-order valence-electron chi connectivity index (χ4n) is 2.54. The van der Waals surface area contributed by atoms with Crippen molar-refractivity contribution in [2.24, 2.45) is 0 Å². The van der Waals surface area contributed by atoms with Crippen LogP contribution in [0.5, 0.6) is 5.75 Å². The van der Waals surface area contributed by atoms with Crippen molar-refractivity contribution in [1.82, 2.24) is 4.98 Å². The molecule has 1 aromatic heterocycles. The Morgan fingerprint density at radius 2 is 2.09 bits per heavy atom. The van der Waals surface area contributed by atoms with Crippen LogP contribution >= 0.6 is 11.3 Å². The van der Waals surface area contributed by atoms with Gasteiger partial charge in [0.25, 0.3) is 5.91 Å². The van der Waals surface area contributed by atoms with Gasteiger partial charge >= 0.3 is 0 Å². The minimum atomic E-state index is -0.174. The van der Waals surface area contributed by atoms with Gasteiger partial charge < -0.3 is 15.8 Å². The molecule has 0 fully saturated rings. The number of carbonyl (C=O) groups is 1. The van der Waals surface area contributed by atoms with E-state index in [1.807, 2.05) is 19.9 Å². The SMILES string of the molecule is COc1cccc(C(=O)Nc2c(C)cc3nc(N)sc3c2C)c1. The molecular weight excluding hydrogens is 310 g/mol. The second-order valence-electron chi connectivity index (χ2n) is 5.28. The molecule has 0 aliphatic heterocycles. The van der Waals surface area contributed by atoms with E-state index < -0.39 is 0 Å². The van der Waals surface area contributed by atoms with E-state index in [2.05, 4.69) is 10.3 Å². The summed E-state index contributed by atoms with van der Waals surface area (Å²) in [5.74, 6) is 0.476. The Morgan fingerprint density at radius 3 is 2.83 bits per heavy atom. The summed E-state index contributed by atoms with van der Waals surface area (Å²) >= 11 is 1.43. The summed E-state index contributed by atoms with van der Waals surface area (Å²) in [6, 6.07) is 9.01. The van der Waals surface area contributed by atoms with Crippen molar-refractivity contribution >= 4 is 38.3 Å². The van der Waals surface area contributed by atoms with Crippen molar-refractivity contribution in [3.63, 3.8) is 0 Å². The van der Waals surface area contributed by atoms with Gasteiger partial charge in [-0.2, -0.15) is 0 Å². The number of amides is 1. The number of rotatable bonds is 3. The molecule has 5 nitrogen and oxygen atoms in total. The Labute approximate surface area is 138 Å². The Balaban J connectivity index is 1.98. The molecule has 2 aromatic carbocycles. The highest BCUT2D eigenvalue weighted by atomic mass is 32.1. The Hall–Kier alpha value is -2.60. The van der Waals surface area contributed by atoms with E-state index in [0.717, 1.165) is 27.0 Å². The molecule has 0 atom stereocenters. The molecule has 23 heavy (non-hydrogen) atoms. The predicted molar refractivity (Wildman–Crippen MR) is 94.5 cm³/mol. The molecule has 0 unspecified atom stereocenters. The van der Waals surface area contributed by atoms with Crippen LogP contribution in [0.15, 0.2) is 30.3 Å². The maximum absolute atomic E-state index is 12.5. The number of carbonyl (C=O) groups excluding carboxylic acids is 1. The third-order valence-corrected chi connectivity index (χ3v) is 4.72. The molecule has 0 saturated heterocycles. The topological polar surface area (TPSA) is 77.2 Å². The number of aromatic nitrogens is 1. The standard InChI is InChI=1S/C17H17N3O2S/c1-9-7-13-15(23-17(18)19-13)10(2)14(9)20-16(21)11-5-4-6-12(8-11)22-3/h4-8H,1-3H3,(H2,18,19)(H,20,21). The highest BCUT2D eigenvalue weighted by Gasteiger charge is 2.15. The summed E-state index contributed by atoms with van der Waals surface area (Å²) in [6.45, 7) is 3.91. The van der Waals surface area contributed by atoms with Gasteiger partial charge in [0.05, 0.1) is 17.3 Å². The Kier molecular flexibility index (Phi) is 3.92. The molecule has 0 bridgehead atoms. The summed E-state index contributed by atoms with van der Waals surface area (Å²) in [6.07, 6.45) is 0. The molecule has 1 amide bonds. The average molecular weight is 327 g/mol. The lowest BCUT2D eigenvalue weighted by atomic mass is 10.1.